The Morgan fingerprint density at radius 3 is 2.50 bits per heavy atom. The maximum Gasteiger partial charge on any atom is 0.308 e. The Labute approximate surface area is 143 Å². The molecule has 0 aliphatic rings. The Balaban J connectivity index is 3.27. The summed E-state index contributed by atoms with van der Waals surface area (Å²) >= 11 is 0. The molecule has 6 nitrogen and oxygen atoms in total. The van der Waals surface area contributed by atoms with E-state index in [2.05, 4.69) is 11.4 Å². The lowest BCUT2D eigenvalue weighted by atomic mass is 9.84. The Morgan fingerprint density at radius 2 is 2.00 bits per heavy atom. The Bertz CT molecular complexity index is 642. The van der Waals surface area contributed by atoms with Gasteiger partial charge in [0.1, 0.15) is 0 Å². The van der Waals surface area contributed by atoms with Crippen LogP contribution in [0.4, 0.5) is 0 Å². The van der Waals surface area contributed by atoms with Gasteiger partial charge in [0.15, 0.2) is 0 Å². The van der Waals surface area contributed by atoms with Gasteiger partial charge in [-0.15, -0.1) is 0 Å². The third kappa shape index (κ3) is 5.67. The Hall–Kier alpha value is -2.39. The van der Waals surface area contributed by atoms with Crippen molar-refractivity contribution in [3.05, 3.63) is 34.9 Å². The molecule has 130 valence electrons. The summed E-state index contributed by atoms with van der Waals surface area (Å²) in [6.45, 7) is 7.91. The first kappa shape index (κ1) is 19.7. The van der Waals surface area contributed by atoms with Crippen molar-refractivity contribution in [1.82, 2.24) is 5.32 Å². The van der Waals surface area contributed by atoms with Gasteiger partial charge in [-0.05, 0) is 35.6 Å². The van der Waals surface area contributed by atoms with Crippen molar-refractivity contribution in [3.8, 4) is 6.07 Å². The molecule has 0 aromatic heterocycles. The van der Waals surface area contributed by atoms with Gasteiger partial charge >= 0.3 is 5.97 Å². The van der Waals surface area contributed by atoms with Crippen molar-refractivity contribution in [2.24, 2.45) is 5.73 Å². The van der Waals surface area contributed by atoms with Crippen LogP contribution in [0.3, 0.4) is 0 Å². The molecular weight excluding hydrogens is 306 g/mol. The summed E-state index contributed by atoms with van der Waals surface area (Å²) < 4.78 is 4.98. The smallest absolute Gasteiger partial charge is 0.308 e. The van der Waals surface area contributed by atoms with E-state index in [0.29, 0.717) is 11.1 Å². The second-order valence-electron chi connectivity index (χ2n) is 6.54. The number of nitrogens with two attached hydrogens (primary N) is 1. The minimum Gasteiger partial charge on any atom is -0.466 e. The summed E-state index contributed by atoms with van der Waals surface area (Å²) in [5.74, 6) is -0.788. The maximum atomic E-state index is 11.9. The molecule has 0 saturated carbocycles. The van der Waals surface area contributed by atoms with Crippen LogP contribution >= 0.6 is 0 Å². The number of hydrogen-bond donors (Lipinski definition) is 2. The van der Waals surface area contributed by atoms with E-state index in [9.17, 15) is 14.9 Å². The van der Waals surface area contributed by atoms with Gasteiger partial charge in [-0.3, -0.25) is 9.59 Å². The first-order valence-corrected chi connectivity index (χ1v) is 7.91. The normalized spacial score (nSPS) is 12.2. The molecule has 0 saturated heterocycles. The summed E-state index contributed by atoms with van der Waals surface area (Å²) in [6, 6.07) is 6.93. The van der Waals surface area contributed by atoms with Gasteiger partial charge in [0.25, 0.3) is 0 Å². The van der Waals surface area contributed by atoms with Crippen molar-refractivity contribution in [2.75, 3.05) is 13.2 Å². The number of ether oxygens (including phenoxy) is 1. The molecule has 3 N–H and O–H groups in total. The molecule has 0 bridgehead atoms. The van der Waals surface area contributed by atoms with Gasteiger partial charge < -0.3 is 15.8 Å². The lowest BCUT2D eigenvalue weighted by Crippen LogP contribution is -2.35. The van der Waals surface area contributed by atoms with Gasteiger partial charge in [0, 0.05) is 0 Å². The molecule has 0 unspecified atom stereocenters. The molecule has 0 aliphatic carbocycles. The maximum absolute atomic E-state index is 11.9. The van der Waals surface area contributed by atoms with Gasteiger partial charge in [0.2, 0.25) is 5.91 Å². The van der Waals surface area contributed by atoms with Crippen LogP contribution in [0.1, 0.15) is 56.8 Å². The van der Waals surface area contributed by atoms with Crippen molar-refractivity contribution in [3.63, 3.8) is 0 Å². The number of nitrogens with one attached hydrogen (secondary N) is 1. The highest BCUT2D eigenvalue weighted by atomic mass is 16.5. The molecule has 24 heavy (non-hydrogen) atoms. The highest BCUT2D eigenvalue weighted by molar-refractivity contribution is 5.79. The predicted octanol–water partition coefficient (Wildman–Crippen LogP) is 1.92. The minimum absolute atomic E-state index is 0.0158. The number of nitriles is 1. The van der Waals surface area contributed by atoms with Crippen LogP contribution in [0.25, 0.3) is 0 Å². The number of hydrogen-bond acceptors (Lipinski definition) is 5. The fourth-order valence-corrected chi connectivity index (χ4v) is 2.24. The molecule has 1 aromatic rings. The summed E-state index contributed by atoms with van der Waals surface area (Å²) in [4.78, 5) is 23.6. The van der Waals surface area contributed by atoms with Gasteiger partial charge in [0.05, 0.1) is 37.2 Å². The number of esters is 1. The average molecular weight is 331 g/mol. The van der Waals surface area contributed by atoms with Gasteiger partial charge in [-0.25, -0.2) is 0 Å². The van der Waals surface area contributed by atoms with E-state index in [0.717, 1.165) is 5.56 Å². The van der Waals surface area contributed by atoms with Crippen LogP contribution in [0.5, 0.6) is 0 Å². The summed E-state index contributed by atoms with van der Waals surface area (Å²) in [7, 11) is 0. The molecule has 1 rings (SSSR count). The first-order chi connectivity index (χ1) is 11.2. The molecule has 0 heterocycles. The molecule has 1 aromatic carbocycles. The van der Waals surface area contributed by atoms with E-state index in [1.54, 1.807) is 13.0 Å². The second kappa shape index (κ2) is 8.46. The lowest BCUT2D eigenvalue weighted by Gasteiger charge is -2.24. The molecular formula is C18H25N3O3. The van der Waals surface area contributed by atoms with E-state index in [1.165, 1.54) is 0 Å². The third-order valence-corrected chi connectivity index (χ3v) is 3.55. The lowest BCUT2D eigenvalue weighted by molar-refractivity contribution is -0.143. The van der Waals surface area contributed by atoms with Crippen LogP contribution in [0.2, 0.25) is 0 Å². The highest BCUT2D eigenvalue weighted by Crippen LogP contribution is 2.28. The topological polar surface area (TPSA) is 105 Å². The largest absolute Gasteiger partial charge is 0.466 e. The zero-order chi connectivity index (χ0) is 18.3. The number of carbonyl (C=O) groups is 2. The van der Waals surface area contributed by atoms with E-state index >= 15 is 0 Å². The minimum atomic E-state index is -0.588. The number of amides is 1. The van der Waals surface area contributed by atoms with Crippen LogP contribution < -0.4 is 11.1 Å². The number of carbonyl (C=O) groups excluding carboxylic acids is 2. The van der Waals surface area contributed by atoms with Crippen molar-refractivity contribution < 1.29 is 14.3 Å². The van der Waals surface area contributed by atoms with Crippen LogP contribution in [0, 0.1) is 11.3 Å². The number of rotatable bonds is 6. The van der Waals surface area contributed by atoms with Crippen molar-refractivity contribution in [2.45, 2.75) is 45.6 Å². The number of nitrogens with zero attached hydrogens (tertiary/aromatic N) is 1. The highest BCUT2D eigenvalue weighted by Gasteiger charge is 2.22. The van der Waals surface area contributed by atoms with Crippen LogP contribution in [-0.2, 0) is 19.7 Å². The molecule has 0 aliphatic heterocycles. The number of benzene rings is 1. The standard InChI is InChI=1S/C18H25N3O3/c1-5-24-17(23)9-15(21-16(22)11-20)13-6-12(10-19)7-14(8-13)18(2,3)4/h6-8,15H,5,9,11,20H2,1-4H3,(H,21,22)/t15-/m0/s1. The monoisotopic (exact) mass is 331 g/mol. The van der Waals surface area contributed by atoms with Crippen LogP contribution in [-0.4, -0.2) is 25.0 Å². The van der Waals surface area contributed by atoms with Crippen LogP contribution in [0.15, 0.2) is 18.2 Å². The zero-order valence-electron chi connectivity index (χ0n) is 14.7. The molecule has 0 radical (unpaired) electrons. The molecule has 0 fully saturated rings. The fourth-order valence-electron chi connectivity index (χ4n) is 2.24. The summed E-state index contributed by atoms with van der Waals surface area (Å²) in [5.41, 5.74) is 7.31. The van der Waals surface area contributed by atoms with Crippen molar-refractivity contribution >= 4 is 11.9 Å². The van der Waals surface area contributed by atoms with Crippen molar-refractivity contribution in [1.29, 1.82) is 5.26 Å². The summed E-state index contributed by atoms with van der Waals surface area (Å²) in [6.07, 6.45) is -0.0158. The molecule has 0 spiro atoms. The molecule has 6 heteroatoms. The van der Waals surface area contributed by atoms with E-state index in [-0.39, 0.29) is 30.9 Å². The fraction of sp³-hybridized carbons (Fsp3) is 0.500. The summed E-state index contributed by atoms with van der Waals surface area (Å²) in [5, 5.41) is 12.0. The second-order valence-corrected chi connectivity index (χ2v) is 6.54. The first-order valence-electron chi connectivity index (χ1n) is 7.91. The predicted molar refractivity (Wildman–Crippen MR) is 91.0 cm³/mol. The quantitative estimate of drug-likeness (QED) is 0.775. The van der Waals surface area contributed by atoms with Gasteiger partial charge in [-0.2, -0.15) is 5.26 Å². The van der Waals surface area contributed by atoms with E-state index < -0.39 is 12.0 Å². The van der Waals surface area contributed by atoms with E-state index in [4.69, 9.17) is 10.5 Å². The zero-order valence-corrected chi connectivity index (χ0v) is 14.7. The molecule has 1 amide bonds. The Kier molecular flexibility index (Phi) is 6.93. The average Bonchev–Trinajstić information content (AvgIpc) is 2.52. The van der Waals surface area contributed by atoms with Gasteiger partial charge in [-0.1, -0.05) is 26.8 Å². The Morgan fingerprint density at radius 1 is 1.33 bits per heavy atom. The molecule has 1 atom stereocenters. The van der Waals surface area contributed by atoms with E-state index in [1.807, 2.05) is 32.9 Å². The third-order valence-electron chi connectivity index (χ3n) is 3.55. The SMILES string of the molecule is CCOC(=O)C[C@H](NC(=O)CN)c1cc(C#N)cc(C(C)(C)C)c1.